The van der Waals surface area contributed by atoms with E-state index >= 15 is 0 Å². The summed E-state index contributed by atoms with van der Waals surface area (Å²) in [7, 11) is 0. The molecule has 1 aromatic rings. The van der Waals surface area contributed by atoms with Crippen LogP contribution in [0, 0.1) is 0 Å². The Morgan fingerprint density at radius 1 is 1.19 bits per heavy atom. The monoisotopic (exact) mass is 220 g/mol. The second-order valence-electron chi connectivity index (χ2n) is 3.77. The van der Waals surface area contributed by atoms with Crippen LogP contribution in [0.4, 0.5) is 0 Å². The third-order valence-electron chi connectivity index (χ3n) is 2.63. The number of carbonyl (C=O) groups is 2. The van der Waals surface area contributed by atoms with E-state index in [0.717, 1.165) is 25.9 Å². The number of aromatic carboxylic acids is 1. The number of hydrogen-bond donors (Lipinski definition) is 1. The third-order valence-corrected chi connectivity index (χ3v) is 2.63. The number of hydrogen-bond acceptors (Lipinski definition) is 3. The first-order valence-electron chi connectivity index (χ1n) is 5.16. The van der Waals surface area contributed by atoms with Crippen molar-refractivity contribution >= 4 is 11.9 Å². The predicted octanol–water partition coefficient (Wildman–Crippen LogP) is 1.02. The van der Waals surface area contributed by atoms with Crippen molar-refractivity contribution in [2.45, 2.75) is 12.8 Å². The summed E-state index contributed by atoms with van der Waals surface area (Å²) in [6, 6.07) is 1.37. The summed E-state index contributed by atoms with van der Waals surface area (Å²) in [5.41, 5.74) is 0.395. The maximum Gasteiger partial charge on any atom is 0.337 e. The number of amides is 1. The first-order chi connectivity index (χ1) is 7.68. The van der Waals surface area contributed by atoms with Crippen LogP contribution < -0.4 is 0 Å². The zero-order valence-electron chi connectivity index (χ0n) is 8.72. The molecule has 16 heavy (non-hydrogen) atoms. The van der Waals surface area contributed by atoms with Gasteiger partial charge in [0.1, 0.15) is 0 Å². The Labute approximate surface area is 92.7 Å². The average molecular weight is 220 g/mol. The summed E-state index contributed by atoms with van der Waals surface area (Å²) >= 11 is 0. The van der Waals surface area contributed by atoms with E-state index in [2.05, 4.69) is 4.98 Å². The van der Waals surface area contributed by atoms with Gasteiger partial charge in [-0.3, -0.25) is 9.78 Å². The van der Waals surface area contributed by atoms with Crippen molar-refractivity contribution in [3.8, 4) is 0 Å². The molecular formula is C11H12N2O3. The Hall–Kier alpha value is -1.91. The van der Waals surface area contributed by atoms with Crippen LogP contribution >= 0.6 is 0 Å². The molecule has 2 heterocycles. The second-order valence-corrected chi connectivity index (χ2v) is 3.77. The molecule has 5 nitrogen and oxygen atoms in total. The highest BCUT2D eigenvalue weighted by Gasteiger charge is 2.20. The molecule has 1 fully saturated rings. The highest BCUT2D eigenvalue weighted by molar-refractivity contribution is 5.97. The number of nitrogens with zero attached hydrogens (tertiary/aromatic N) is 2. The summed E-state index contributed by atoms with van der Waals surface area (Å²) in [4.78, 5) is 28.1. The lowest BCUT2D eigenvalue weighted by Gasteiger charge is -2.14. The van der Waals surface area contributed by atoms with Crippen molar-refractivity contribution in [3.63, 3.8) is 0 Å². The molecule has 0 aliphatic carbocycles. The smallest absolute Gasteiger partial charge is 0.337 e. The highest BCUT2D eigenvalue weighted by atomic mass is 16.4. The van der Waals surface area contributed by atoms with Crippen LogP contribution in [0.2, 0.25) is 0 Å². The standard InChI is InChI=1S/C11H12N2O3/c14-10(13-3-1-2-4-13)8-5-9(11(15)16)7-12-6-8/h5-7H,1-4H2,(H,15,16). The van der Waals surface area contributed by atoms with E-state index in [4.69, 9.17) is 5.11 Å². The lowest BCUT2D eigenvalue weighted by atomic mass is 10.2. The quantitative estimate of drug-likeness (QED) is 0.807. The lowest BCUT2D eigenvalue weighted by molar-refractivity contribution is 0.0696. The largest absolute Gasteiger partial charge is 0.478 e. The minimum absolute atomic E-state index is 0.0463. The minimum atomic E-state index is -1.07. The van der Waals surface area contributed by atoms with Crippen LogP contribution in [0.5, 0.6) is 0 Å². The molecule has 1 saturated heterocycles. The van der Waals surface area contributed by atoms with Crippen LogP contribution in [0.1, 0.15) is 33.6 Å². The van der Waals surface area contributed by atoms with Gasteiger partial charge in [0.15, 0.2) is 0 Å². The topological polar surface area (TPSA) is 70.5 Å². The molecule has 1 N–H and O–H groups in total. The summed E-state index contributed by atoms with van der Waals surface area (Å²) in [6.45, 7) is 1.49. The fourth-order valence-electron chi connectivity index (χ4n) is 1.78. The van der Waals surface area contributed by atoms with Crippen LogP contribution in [0.25, 0.3) is 0 Å². The van der Waals surface area contributed by atoms with E-state index < -0.39 is 5.97 Å². The Morgan fingerprint density at radius 2 is 1.81 bits per heavy atom. The SMILES string of the molecule is O=C(O)c1cncc(C(=O)N2CCCC2)c1. The summed E-state index contributed by atoms with van der Waals surface area (Å²) in [6.07, 6.45) is 4.67. The highest BCUT2D eigenvalue weighted by Crippen LogP contribution is 2.13. The third kappa shape index (κ3) is 2.03. The lowest BCUT2D eigenvalue weighted by Crippen LogP contribution is -2.27. The first kappa shape index (κ1) is 10.6. The van der Waals surface area contributed by atoms with Gasteiger partial charge in [-0.15, -0.1) is 0 Å². The molecule has 1 aliphatic heterocycles. The molecular weight excluding hydrogens is 208 g/mol. The van der Waals surface area contributed by atoms with Gasteiger partial charge in [-0.05, 0) is 18.9 Å². The van der Waals surface area contributed by atoms with E-state index in [0.29, 0.717) is 5.56 Å². The van der Waals surface area contributed by atoms with Crippen LogP contribution in [-0.2, 0) is 0 Å². The van der Waals surface area contributed by atoms with Crippen molar-refractivity contribution in [1.29, 1.82) is 0 Å². The number of rotatable bonds is 2. The molecule has 0 saturated carbocycles. The van der Waals surface area contributed by atoms with Gasteiger partial charge in [-0.25, -0.2) is 4.79 Å². The number of carboxylic acid groups (broad SMARTS) is 1. The second kappa shape index (κ2) is 4.30. The van der Waals surface area contributed by atoms with E-state index in [-0.39, 0.29) is 11.5 Å². The molecule has 1 amide bonds. The van der Waals surface area contributed by atoms with Gasteiger partial charge in [0.2, 0.25) is 0 Å². The molecule has 1 aliphatic rings. The molecule has 0 radical (unpaired) electrons. The number of likely N-dealkylation sites (tertiary alicyclic amines) is 1. The summed E-state index contributed by atoms with van der Waals surface area (Å²) in [5, 5.41) is 8.79. The predicted molar refractivity (Wildman–Crippen MR) is 56.3 cm³/mol. The van der Waals surface area contributed by atoms with Gasteiger partial charge >= 0.3 is 5.97 Å². The van der Waals surface area contributed by atoms with Crippen molar-refractivity contribution in [2.75, 3.05) is 13.1 Å². The van der Waals surface area contributed by atoms with Crippen molar-refractivity contribution in [2.24, 2.45) is 0 Å². The maximum atomic E-state index is 11.9. The van der Waals surface area contributed by atoms with Crippen molar-refractivity contribution in [1.82, 2.24) is 9.88 Å². The minimum Gasteiger partial charge on any atom is -0.478 e. The van der Waals surface area contributed by atoms with E-state index in [1.54, 1.807) is 4.90 Å². The van der Waals surface area contributed by atoms with Gasteiger partial charge in [0.05, 0.1) is 11.1 Å². The normalized spacial score (nSPS) is 15.1. The molecule has 0 atom stereocenters. The maximum absolute atomic E-state index is 11.9. The van der Waals surface area contributed by atoms with Crippen LogP contribution in [-0.4, -0.2) is 40.0 Å². The van der Waals surface area contributed by atoms with Gasteiger partial charge in [-0.1, -0.05) is 0 Å². The van der Waals surface area contributed by atoms with E-state index in [1.165, 1.54) is 18.5 Å². The fraction of sp³-hybridized carbons (Fsp3) is 0.364. The molecule has 84 valence electrons. The molecule has 0 bridgehead atoms. The molecule has 0 aromatic carbocycles. The first-order valence-corrected chi connectivity index (χ1v) is 5.16. The van der Waals surface area contributed by atoms with Gasteiger partial charge in [0.25, 0.3) is 5.91 Å². The fourth-order valence-corrected chi connectivity index (χ4v) is 1.78. The average Bonchev–Trinajstić information content (AvgIpc) is 2.81. The Morgan fingerprint density at radius 3 is 2.44 bits per heavy atom. The van der Waals surface area contributed by atoms with Gasteiger partial charge in [-0.2, -0.15) is 0 Å². The molecule has 0 spiro atoms. The Balaban J connectivity index is 2.22. The summed E-state index contributed by atoms with van der Waals surface area (Å²) in [5.74, 6) is -1.20. The zero-order valence-corrected chi connectivity index (χ0v) is 8.72. The molecule has 0 unspecified atom stereocenters. The number of carboxylic acids is 1. The van der Waals surface area contributed by atoms with Crippen molar-refractivity contribution in [3.05, 3.63) is 29.6 Å². The molecule has 5 heteroatoms. The number of aromatic nitrogens is 1. The number of pyridine rings is 1. The number of carbonyl (C=O) groups excluding carboxylic acids is 1. The molecule has 2 rings (SSSR count). The van der Waals surface area contributed by atoms with Crippen LogP contribution in [0.3, 0.4) is 0 Å². The van der Waals surface area contributed by atoms with Gasteiger partial charge < -0.3 is 10.0 Å². The van der Waals surface area contributed by atoms with E-state index in [1.807, 2.05) is 0 Å². The Kier molecular flexibility index (Phi) is 2.85. The Bertz CT molecular complexity index is 425. The molecule has 1 aromatic heterocycles. The zero-order chi connectivity index (χ0) is 11.5. The van der Waals surface area contributed by atoms with Crippen LogP contribution in [0.15, 0.2) is 18.5 Å². The van der Waals surface area contributed by atoms with Crippen molar-refractivity contribution < 1.29 is 14.7 Å². The van der Waals surface area contributed by atoms with E-state index in [9.17, 15) is 9.59 Å². The van der Waals surface area contributed by atoms with Gasteiger partial charge in [0, 0.05) is 25.5 Å². The summed E-state index contributed by atoms with van der Waals surface area (Å²) < 4.78 is 0.